The number of hydrogen-bond acceptors (Lipinski definition) is 4. The zero-order valence-corrected chi connectivity index (χ0v) is 17.1. The van der Waals surface area contributed by atoms with Crippen LogP contribution in [0.1, 0.15) is 42.5 Å². The minimum Gasteiger partial charge on any atom is -0.352 e. The van der Waals surface area contributed by atoms with Gasteiger partial charge in [-0.1, -0.05) is 37.5 Å². The lowest BCUT2D eigenvalue weighted by molar-refractivity contribution is 0.0943. The lowest BCUT2D eigenvalue weighted by Crippen LogP contribution is -2.31. The Morgan fingerprint density at radius 2 is 1.77 bits per heavy atom. The number of aromatic nitrogens is 2. The molecule has 0 radical (unpaired) electrons. The first-order valence-corrected chi connectivity index (χ1v) is 10.5. The maximum Gasteiger partial charge on any atom is 0.323 e. The molecule has 3 aromatic rings. The summed E-state index contributed by atoms with van der Waals surface area (Å²) in [6.45, 7) is 0.644. The molecular weight excluding hydrogens is 394 g/mol. The van der Waals surface area contributed by atoms with Crippen LogP contribution < -0.4 is 21.5 Å². The molecule has 1 fully saturated rings. The highest BCUT2D eigenvalue weighted by Gasteiger charge is 2.16. The fourth-order valence-electron chi connectivity index (χ4n) is 3.83. The molecule has 1 saturated carbocycles. The van der Waals surface area contributed by atoms with Gasteiger partial charge in [-0.25, -0.2) is 9.78 Å². The van der Waals surface area contributed by atoms with E-state index in [0.29, 0.717) is 29.4 Å². The molecule has 3 amide bonds. The molecule has 0 spiro atoms. The smallest absolute Gasteiger partial charge is 0.323 e. The highest BCUT2D eigenvalue weighted by molar-refractivity contribution is 5.99. The SMILES string of the molecule is O=C(Nc1ccccc1)Nc1cnc2ccc(C(=O)NCC3CCCCC3)cn2c1=O. The van der Waals surface area contributed by atoms with Crippen LogP contribution >= 0.6 is 0 Å². The molecule has 0 bridgehead atoms. The minimum absolute atomic E-state index is 0.0192. The second-order valence-corrected chi connectivity index (χ2v) is 7.78. The van der Waals surface area contributed by atoms with Crippen LogP contribution in [0, 0.1) is 5.92 Å². The molecule has 8 nitrogen and oxygen atoms in total. The molecule has 8 heteroatoms. The average molecular weight is 419 g/mol. The summed E-state index contributed by atoms with van der Waals surface area (Å²) in [7, 11) is 0. The van der Waals surface area contributed by atoms with Crippen LogP contribution in [-0.4, -0.2) is 27.9 Å². The van der Waals surface area contributed by atoms with Gasteiger partial charge in [-0.3, -0.25) is 14.0 Å². The quantitative estimate of drug-likeness (QED) is 0.587. The third-order valence-electron chi connectivity index (χ3n) is 5.52. The predicted octanol–water partition coefficient (Wildman–Crippen LogP) is 3.65. The number of rotatable bonds is 5. The number of amides is 3. The van der Waals surface area contributed by atoms with Crippen molar-refractivity contribution in [2.24, 2.45) is 5.92 Å². The highest BCUT2D eigenvalue weighted by Crippen LogP contribution is 2.22. The van der Waals surface area contributed by atoms with E-state index in [0.717, 1.165) is 12.8 Å². The number of hydrogen-bond donors (Lipinski definition) is 3. The molecule has 3 N–H and O–H groups in total. The van der Waals surface area contributed by atoms with Gasteiger partial charge in [0.2, 0.25) is 0 Å². The van der Waals surface area contributed by atoms with Gasteiger partial charge >= 0.3 is 6.03 Å². The fourth-order valence-corrected chi connectivity index (χ4v) is 3.83. The average Bonchev–Trinajstić information content (AvgIpc) is 2.80. The molecule has 0 saturated heterocycles. The van der Waals surface area contributed by atoms with Gasteiger partial charge in [0.05, 0.1) is 11.8 Å². The van der Waals surface area contributed by atoms with Gasteiger partial charge in [0.15, 0.2) is 0 Å². The molecule has 0 unspecified atom stereocenters. The summed E-state index contributed by atoms with van der Waals surface area (Å²) >= 11 is 0. The number of urea groups is 1. The van der Waals surface area contributed by atoms with Gasteiger partial charge in [0.25, 0.3) is 11.5 Å². The van der Waals surface area contributed by atoms with Gasteiger partial charge < -0.3 is 16.0 Å². The van der Waals surface area contributed by atoms with E-state index in [4.69, 9.17) is 0 Å². The summed E-state index contributed by atoms with van der Waals surface area (Å²) in [5.41, 5.74) is 0.924. The zero-order chi connectivity index (χ0) is 21.6. The monoisotopic (exact) mass is 419 g/mol. The van der Waals surface area contributed by atoms with Gasteiger partial charge in [-0.2, -0.15) is 0 Å². The van der Waals surface area contributed by atoms with Gasteiger partial charge in [-0.15, -0.1) is 0 Å². The summed E-state index contributed by atoms with van der Waals surface area (Å²) in [5.74, 6) is 0.293. The van der Waals surface area contributed by atoms with Crippen LogP contribution in [0.5, 0.6) is 0 Å². The standard InChI is InChI=1S/C23H25N5O3/c29-21(25-13-16-7-3-1-4-8-16)17-11-12-20-24-14-19(22(30)28(20)15-17)27-23(31)26-18-9-5-2-6-10-18/h2,5-6,9-12,14-16H,1,3-4,7-8,13H2,(H,25,29)(H2,26,27,31). The first-order valence-electron chi connectivity index (χ1n) is 10.5. The van der Waals surface area contributed by atoms with Crippen LogP contribution in [0.4, 0.5) is 16.2 Å². The van der Waals surface area contributed by atoms with Crippen LogP contribution in [0.25, 0.3) is 5.65 Å². The van der Waals surface area contributed by atoms with Crippen LogP contribution in [-0.2, 0) is 0 Å². The summed E-state index contributed by atoms with van der Waals surface area (Å²) in [6, 6.07) is 11.6. The molecule has 2 heterocycles. The molecule has 4 rings (SSSR count). The second kappa shape index (κ2) is 9.42. The van der Waals surface area contributed by atoms with Gasteiger partial charge in [0, 0.05) is 18.4 Å². The van der Waals surface area contributed by atoms with E-state index in [1.54, 1.807) is 36.4 Å². The van der Waals surface area contributed by atoms with E-state index in [-0.39, 0.29) is 11.6 Å². The minimum atomic E-state index is -0.550. The number of carbonyl (C=O) groups is 2. The van der Waals surface area contributed by atoms with E-state index >= 15 is 0 Å². The fraction of sp³-hybridized carbons (Fsp3) is 0.304. The van der Waals surface area contributed by atoms with Crippen LogP contribution in [0.3, 0.4) is 0 Å². The number of fused-ring (bicyclic) bond motifs is 1. The molecule has 0 aliphatic heterocycles. The van der Waals surface area contributed by atoms with Crippen molar-refractivity contribution in [3.8, 4) is 0 Å². The van der Waals surface area contributed by atoms with E-state index in [9.17, 15) is 14.4 Å². The lowest BCUT2D eigenvalue weighted by Gasteiger charge is -2.21. The Kier molecular flexibility index (Phi) is 6.26. The molecule has 1 aliphatic rings. The Balaban J connectivity index is 1.47. The molecule has 1 aliphatic carbocycles. The largest absolute Gasteiger partial charge is 0.352 e. The number of anilines is 2. The molecule has 0 atom stereocenters. The third kappa shape index (κ3) is 5.09. The number of pyridine rings is 1. The summed E-state index contributed by atoms with van der Waals surface area (Å²) in [4.78, 5) is 41.9. The number of carbonyl (C=O) groups excluding carboxylic acids is 2. The molecule has 2 aromatic heterocycles. The maximum atomic E-state index is 12.8. The van der Waals surface area contributed by atoms with Gasteiger partial charge in [-0.05, 0) is 43.0 Å². The van der Waals surface area contributed by atoms with Crippen molar-refractivity contribution in [3.63, 3.8) is 0 Å². The van der Waals surface area contributed by atoms with E-state index in [1.807, 2.05) is 6.07 Å². The zero-order valence-electron chi connectivity index (χ0n) is 17.1. The van der Waals surface area contributed by atoms with E-state index in [1.165, 1.54) is 36.1 Å². The Bertz CT molecular complexity index is 1140. The summed E-state index contributed by atoms with van der Waals surface area (Å²) < 4.78 is 1.27. The number of nitrogens with one attached hydrogen (secondary N) is 3. The maximum absolute atomic E-state index is 12.8. The number of nitrogens with zero attached hydrogens (tertiary/aromatic N) is 2. The van der Waals surface area contributed by atoms with Crippen molar-refractivity contribution in [2.45, 2.75) is 32.1 Å². The van der Waals surface area contributed by atoms with Crippen LogP contribution in [0.15, 0.2) is 59.7 Å². The van der Waals surface area contributed by atoms with Crippen molar-refractivity contribution in [1.29, 1.82) is 0 Å². The third-order valence-corrected chi connectivity index (χ3v) is 5.52. The first kappa shape index (κ1) is 20.6. The molecular formula is C23H25N5O3. The van der Waals surface area contributed by atoms with Crippen molar-refractivity contribution < 1.29 is 9.59 Å². The molecule has 1 aromatic carbocycles. The highest BCUT2D eigenvalue weighted by atomic mass is 16.2. The van der Waals surface area contributed by atoms with E-state index < -0.39 is 11.6 Å². The Hall–Kier alpha value is -3.68. The van der Waals surface area contributed by atoms with Crippen molar-refractivity contribution >= 4 is 29.0 Å². The molecule has 160 valence electrons. The Labute approximate surface area is 179 Å². The number of benzene rings is 1. The number of para-hydroxylation sites is 1. The van der Waals surface area contributed by atoms with Crippen molar-refractivity contribution in [1.82, 2.24) is 14.7 Å². The lowest BCUT2D eigenvalue weighted by atomic mass is 9.89. The topological polar surface area (TPSA) is 105 Å². The Morgan fingerprint density at radius 1 is 1.00 bits per heavy atom. The second-order valence-electron chi connectivity index (χ2n) is 7.78. The summed E-state index contributed by atoms with van der Waals surface area (Å²) in [6.07, 6.45) is 8.75. The van der Waals surface area contributed by atoms with Crippen LogP contribution in [0.2, 0.25) is 0 Å². The van der Waals surface area contributed by atoms with Gasteiger partial charge in [0.1, 0.15) is 11.3 Å². The predicted molar refractivity (Wildman–Crippen MR) is 119 cm³/mol. The van der Waals surface area contributed by atoms with Crippen molar-refractivity contribution in [3.05, 3.63) is 70.8 Å². The first-order chi connectivity index (χ1) is 15.1. The van der Waals surface area contributed by atoms with E-state index in [2.05, 4.69) is 20.9 Å². The summed E-state index contributed by atoms with van der Waals surface area (Å²) in [5, 5.41) is 8.15. The normalized spacial score (nSPS) is 14.2. The van der Waals surface area contributed by atoms with Crippen molar-refractivity contribution in [2.75, 3.05) is 17.2 Å². The molecule has 31 heavy (non-hydrogen) atoms. The Morgan fingerprint density at radius 3 is 2.55 bits per heavy atom.